The lowest BCUT2D eigenvalue weighted by atomic mass is 10.2. The van der Waals surface area contributed by atoms with Crippen LogP contribution in [0.1, 0.15) is 17.7 Å². The molecule has 25 heavy (non-hydrogen) atoms. The minimum atomic E-state index is -0.168. The third kappa shape index (κ3) is 4.36. The van der Waals surface area contributed by atoms with E-state index in [0.29, 0.717) is 24.6 Å². The molecule has 1 aliphatic rings. The fourth-order valence-corrected chi connectivity index (χ4v) is 2.43. The molecule has 0 radical (unpaired) electrons. The van der Waals surface area contributed by atoms with Crippen LogP contribution in [0.15, 0.2) is 48.7 Å². The molecule has 0 aliphatic carbocycles. The first kappa shape index (κ1) is 16.5. The van der Waals surface area contributed by atoms with Gasteiger partial charge in [0.2, 0.25) is 12.7 Å². The Morgan fingerprint density at radius 3 is 2.96 bits per heavy atom. The van der Waals surface area contributed by atoms with E-state index in [1.165, 1.54) is 6.08 Å². The fraction of sp³-hybridized carbons (Fsp3) is 0.211. The van der Waals surface area contributed by atoms with E-state index in [-0.39, 0.29) is 19.1 Å². The summed E-state index contributed by atoms with van der Waals surface area (Å²) in [5.74, 6) is 1.21. The van der Waals surface area contributed by atoms with Crippen molar-refractivity contribution in [2.24, 2.45) is 0 Å². The van der Waals surface area contributed by atoms with E-state index >= 15 is 0 Å². The van der Waals surface area contributed by atoms with Gasteiger partial charge < -0.3 is 14.4 Å². The summed E-state index contributed by atoms with van der Waals surface area (Å²) in [6.07, 6.45) is 5.18. The summed E-state index contributed by atoms with van der Waals surface area (Å²) in [6.45, 7) is 0.942. The normalized spacial score (nSPS) is 12.1. The summed E-state index contributed by atoms with van der Waals surface area (Å²) in [7, 11) is 0. The quantitative estimate of drug-likeness (QED) is 0.759. The van der Waals surface area contributed by atoms with Gasteiger partial charge in [-0.1, -0.05) is 12.1 Å². The van der Waals surface area contributed by atoms with Gasteiger partial charge in [-0.2, -0.15) is 5.26 Å². The molecule has 3 rings (SSSR count). The molecule has 0 saturated heterocycles. The van der Waals surface area contributed by atoms with Gasteiger partial charge in [0, 0.05) is 18.8 Å². The van der Waals surface area contributed by atoms with Crippen molar-refractivity contribution in [1.29, 1.82) is 5.26 Å². The van der Waals surface area contributed by atoms with Crippen molar-refractivity contribution in [1.82, 2.24) is 9.88 Å². The first-order valence-corrected chi connectivity index (χ1v) is 7.90. The van der Waals surface area contributed by atoms with Crippen LogP contribution >= 0.6 is 0 Å². The number of carbonyl (C=O) groups is 1. The maximum absolute atomic E-state index is 12.5. The number of benzene rings is 1. The molecule has 0 fully saturated rings. The molecular formula is C19H17N3O3. The number of amides is 1. The monoisotopic (exact) mass is 335 g/mol. The van der Waals surface area contributed by atoms with Gasteiger partial charge in [0.15, 0.2) is 11.5 Å². The maximum Gasteiger partial charge on any atom is 0.246 e. The highest BCUT2D eigenvalue weighted by Crippen LogP contribution is 2.32. The summed E-state index contributed by atoms with van der Waals surface area (Å²) >= 11 is 0. The van der Waals surface area contributed by atoms with Crippen LogP contribution in [0.4, 0.5) is 0 Å². The van der Waals surface area contributed by atoms with E-state index in [1.807, 2.05) is 36.4 Å². The molecule has 0 bridgehead atoms. The minimum Gasteiger partial charge on any atom is -0.454 e. The second-order valence-corrected chi connectivity index (χ2v) is 5.44. The van der Waals surface area contributed by atoms with Crippen molar-refractivity contribution in [2.75, 3.05) is 13.3 Å². The van der Waals surface area contributed by atoms with Crippen LogP contribution in [0.5, 0.6) is 11.5 Å². The second-order valence-electron chi connectivity index (χ2n) is 5.44. The van der Waals surface area contributed by atoms with Crippen molar-refractivity contribution in [2.45, 2.75) is 13.0 Å². The number of aromatic nitrogens is 1. The summed E-state index contributed by atoms with van der Waals surface area (Å²) in [6, 6.07) is 13.1. The molecular weight excluding hydrogens is 318 g/mol. The Morgan fingerprint density at radius 2 is 2.16 bits per heavy atom. The zero-order valence-corrected chi connectivity index (χ0v) is 13.6. The van der Waals surface area contributed by atoms with Crippen LogP contribution in [0.25, 0.3) is 6.08 Å². The second kappa shape index (κ2) is 7.97. The Kier molecular flexibility index (Phi) is 5.27. The molecule has 2 heterocycles. The minimum absolute atomic E-state index is 0.168. The van der Waals surface area contributed by atoms with Crippen LogP contribution in [-0.2, 0) is 11.3 Å². The van der Waals surface area contributed by atoms with Crippen LogP contribution in [-0.4, -0.2) is 29.1 Å². The number of ether oxygens (including phenoxy) is 2. The topological polar surface area (TPSA) is 75.5 Å². The average molecular weight is 335 g/mol. The molecule has 1 aromatic carbocycles. The molecule has 0 saturated carbocycles. The van der Waals surface area contributed by atoms with Gasteiger partial charge in [-0.15, -0.1) is 0 Å². The van der Waals surface area contributed by atoms with Crippen LogP contribution < -0.4 is 9.47 Å². The molecule has 2 aromatic rings. The number of pyridine rings is 1. The molecule has 6 nitrogen and oxygen atoms in total. The molecule has 1 amide bonds. The summed E-state index contributed by atoms with van der Waals surface area (Å²) in [5.41, 5.74) is 1.63. The van der Waals surface area contributed by atoms with E-state index in [9.17, 15) is 4.79 Å². The molecule has 6 heteroatoms. The first-order chi connectivity index (χ1) is 12.3. The van der Waals surface area contributed by atoms with Crippen LogP contribution in [0, 0.1) is 11.3 Å². The number of nitriles is 1. The fourth-order valence-electron chi connectivity index (χ4n) is 2.43. The smallest absolute Gasteiger partial charge is 0.246 e. The first-order valence-electron chi connectivity index (χ1n) is 7.90. The number of fused-ring (bicyclic) bond motifs is 1. The Balaban J connectivity index is 1.70. The summed E-state index contributed by atoms with van der Waals surface area (Å²) in [4.78, 5) is 18.3. The zero-order valence-electron chi connectivity index (χ0n) is 13.6. The Bertz CT molecular complexity index is 812. The molecule has 126 valence electrons. The summed E-state index contributed by atoms with van der Waals surface area (Å²) < 4.78 is 10.6. The molecule has 1 aromatic heterocycles. The summed E-state index contributed by atoms with van der Waals surface area (Å²) in [5, 5.41) is 8.81. The van der Waals surface area contributed by atoms with E-state index in [2.05, 4.69) is 11.1 Å². The molecule has 0 atom stereocenters. The van der Waals surface area contributed by atoms with Gasteiger partial charge in [0.25, 0.3) is 0 Å². The van der Waals surface area contributed by atoms with Crippen molar-refractivity contribution in [3.63, 3.8) is 0 Å². The number of rotatable bonds is 6. The van der Waals surface area contributed by atoms with Crippen LogP contribution in [0.3, 0.4) is 0 Å². The van der Waals surface area contributed by atoms with Crippen molar-refractivity contribution >= 4 is 12.0 Å². The van der Waals surface area contributed by atoms with E-state index in [1.54, 1.807) is 17.2 Å². The predicted molar refractivity (Wildman–Crippen MR) is 91.5 cm³/mol. The number of carbonyl (C=O) groups excluding carboxylic acids is 1. The van der Waals surface area contributed by atoms with E-state index in [0.717, 1.165) is 11.3 Å². The number of hydrogen-bond acceptors (Lipinski definition) is 5. The molecule has 0 unspecified atom stereocenters. The Morgan fingerprint density at radius 1 is 1.28 bits per heavy atom. The zero-order chi connectivity index (χ0) is 17.5. The number of hydrogen-bond donors (Lipinski definition) is 0. The SMILES string of the molecule is N#CCCN(Cc1ccccn1)C(=O)/C=C/c1ccc2c(c1)OCO2. The Labute approximate surface area is 145 Å². The largest absolute Gasteiger partial charge is 0.454 e. The highest BCUT2D eigenvalue weighted by atomic mass is 16.7. The van der Waals surface area contributed by atoms with Gasteiger partial charge >= 0.3 is 0 Å². The highest BCUT2D eigenvalue weighted by Gasteiger charge is 2.14. The molecule has 0 spiro atoms. The highest BCUT2D eigenvalue weighted by molar-refractivity contribution is 5.91. The van der Waals surface area contributed by atoms with E-state index in [4.69, 9.17) is 14.7 Å². The third-order valence-electron chi connectivity index (χ3n) is 3.70. The average Bonchev–Trinajstić information content (AvgIpc) is 3.11. The van der Waals surface area contributed by atoms with Gasteiger partial charge in [0.1, 0.15) is 0 Å². The lowest BCUT2D eigenvalue weighted by Crippen LogP contribution is -2.30. The molecule has 1 aliphatic heterocycles. The standard InChI is InChI=1S/C19H17N3O3/c20-9-3-11-22(13-16-4-1-2-10-21-16)19(23)8-6-15-5-7-17-18(12-15)25-14-24-17/h1-2,4-8,10,12H,3,11,13-14H2/b8-6+. The van der Waals surface area contributed by atoms with Crippen molar-refractivity contribution < 1.29 is 14.3 Å². The number of nitrogens with zero attached hydrogens (tertiary/aromatic N) is 3. The lowest BCUT2D eigenvalue weighted by molar-refractivity contribution is -0.126. The van der Waals surface area contributed by atoms with Gasteiger partial charge in [-0.05, 0) is 35.9 Å². The van der Waals surface area contributed by atoms with Crippen molar-refractivity contribution in [3.8, 4) is 17.6 Å². The predicted octanol–water partition coefficient (Wildman–Crippen LogP) is 2.77. The van der Waals surface area contributed by atoms with Crippen LogP contribution in [0.2, 0.25) is 0 Å². The van der Waals surface area contributed by atoms with Gasteiger partial charge in [0.05, 0.1) is 24.7 Å². The van der Waals surface area contributed by atoms with Crippen molar-refractivity contribution in [3.05, 3.63) is 59.9 Å². The third-order valence-corrected chi connectivity index (χ3v) is 3.70. The maximum atomic E-state index is 12.5. The van der Waals surface area contributed by atoms with Gasteiger partial charge in [-0.3, -0.25) is 9.78 Å². The molecule has 0 N–H and O–H groups in total. The Hall–Kier alpha value is -3.33. The van der Waals surface area contributed by atoms with E-state index < -0.39 is 0 Å². The lowest BCUT2D eigenvalue weighted by Gasteiger charge is -2.19. The van der Waals surface area contributed by atoms with Gasteiger partial charge in [-0.25, -0.2) is 0 Å².